The van der Waals surface area contributed by atoms with Crippen LogP contribution >= 0.6 is 31.9 Å². The Labute approximate surface area is 277 Å². The van der Waals surface area contributed by atoms with Crippen LogP contribution in [0.15, 0.2) is 197 Å². The lowest BCUT2D eigenvalue weighted by Crippen LogP contribution is -2.02. The van der Waals surface area contributed by atoms with Crippen molar-refractivity contribution in [3.8, 4) is 0 Å². The summed E-state index contributed by atoms with van der Waals surface area (Å²) < 4.78 is 1.99. The summed E-state index contributed by atoms with van der Waals surface area (Å²) in [6.07, 6.45) is 0. The minimum atomic E-state index is 0.994. The van der Waals surface area contributed by atoms with E-state index in [1.807, 2.05) is 0 Å². The van der Waals surface area contributed by atoms with Crippen molar-refractivity contribution in [2.24, 2.45) is 0 Å². The molecule has 0 aliphatic rings. The minimum Gasteiger partial charge on any atom is -0.0622 e. The smallest absolute Gasteiger partial charge is 0.0350 e. The van der Waals surface area contributed by atoms with Gasteiger partial charge in [0.1, 0.15) is 0 Å². The predicted octanol–water partition coefficient (Wildman–Crippen LogP) is 12.2. The van der Waals surface area contributed by atoms with Crippen LogP contribution in [0.3, 0.4) is 0 Å². The molecule has 0 radical (unpaired) electrons. The molecule has 0 saturated heterocycles. The van der Waals surface area contributed by atoms with Gasteiger partial charge in [-0.05, 0) is 70.8 Å². The molecule has 0 heterocycles. The molecule has 6 aromatic carbocycles. The van der Waals surface area contributed by atoms with Gasteiger partial charge < -0.3 is 0 Å². The lowest BCUT2D eigenvalue weighted by atomic mass is 9.86. The molecule has 0 N–H and O–H groups in total. The third-order valence-electron chi connectivity index (χ3n) is 7.50. The van der Waals surface area contributed by atoms with Crippen LogP contribution < -0.4 is 0 Å². The first-order valence-electron chi connectivity index (χ1n) is 14.6. The lowest BCUT2D eigenvalue weighted by Gasteiger charge is -2.23. The predicted molar refractivity (Wildman–Crippen MR) is 195 cm³/mol. The van der Waals surface area contributed by atoms with Gasteiger partial charge in [-0.1, -0.05) is 182 Å². The van der Waals surface area contributed by atoms with Crippen molar-refractivity contribution in [2.45, 2.75) is 0 Å². The Kier molecular flexibility index (Phi) is 9.62. The van der Waals surface area contributed by atoms with Crippen LogP contribution in [0.2, 0.25) is 0 Å². The van der Waals surface area contributed by atoms with E-state index >= 15 is 0 Å². The summed E-state index contributed by atoms with van der Waals surface area (Å²) >= 11 is 8.50. The third-order valence-corrected chi connectivity index (χ3v) is 9.09. The van der Waals surface area contributed by atoms with E-state index in [2.05, 4.69) is 214 Å². The highest BCUT2D eigenvalue weighted by Gasteiger charge is 2.24. The van der Waals surface area contributed by atoms with E-state index in [1.165, 1.54) is 0 Å². The molecule has 0 unspecified atom stereocenters. The van der Waals surface area contributed by atoms with Crippen molar-refractivity contribution in [3.05, 3.63) is 230 Å². The highest BCUT2D eigenvalue weighted by Crippen LogP contribution is 2.47. The Morgan fingerprint density at radius 2 is 0.432 bits per heavy atom. The third kappa shape index (κ3) is 6.53. The van der Waals surface area contributed by atoms with Gasteiger partial charge in [0, 0.05) is 25.7 Å². The number of benzene rings is 6. The van der Waals surface area contributed by atoms with Crippen LogP contribution in [0.4, 0.5) is 0 Å². The van der Waals surface area contributed by atoms with E-state index in [0.29, 0.717) is 0 Å². The molecule has 0 bridgehead atoms. The second-order valence-corrected chi connectivity index (χ2v) is 11.9. The van der Waals surface area contributed by atoms with Crippen LogP contribution in [0.1, 0.15) is 33.4 Å². The quantitative estimate of drug-likeness (QED) is 0.139. The van der Waals surface area contributed by atoms with Gasteiger partial charge in [-0.2, -0.15) is 0 Å². The summed E-state index contributed by atoms with van der Waals surface area (Å²) in [5, 5.41) is 0. The van der Waals surface area contributed by atoms with E-state index < -0.39 is 0 Å². The highest BCUT2D eigenvalue weighted by atomic mass is 79.9. The lowest BCUT2D eigenvalue weighted by molar-refractivity contribution is 1.47. The molecule has 0 spiro atoms. The monoisotopic (exact) mass is 692 g/mol. The maximum absolute atomic E-state index is 4.25. The fourth-order valence-electron chi connectivity index (χ4n) is 5.49. The topological polar surface area (TPSA) is 0 Å². The van der Waals surface area contributed by atoms with Gasteiger partial charge in [0.2, 0.25) is 0 Å². The van der Waals surface area contributed by atoms with E-state index in [9.17, 15) is 0 Å². The van der Waals surface area contributed by atoms with Gasteiger partial charge >= 0.3 is 0 Å². The summed E-state index contributed by atoms with van der Waals surface area (Å²) in [7, 11) is 0. The van der Waals surface area contributed by atoms with Crippen molar-refractivity contribution in [2.75, 3.05) is 0 Å². The molecule has 212 valence electrons. The summed E-state index contributed by atoms with van der Waals surface area (Å²) in [5.41, 5.74) is 11.2. The van der Waals surface area contributed by atoms with E-state index in [1.54, 1.807) is 0 Å². The zero-order chi connectivity index (χ0) is 30.1. The molecular weight excluding hydrogens is 664 g/mol. The standard InChI is InChI=1S/C42H30Br2/c43-41(38(33-23-11-3-12-24-33)34-25-13-4-14-26-34)40(37(31-19-7-1-8-20-31)32-21-9-2-10-22-32)42(44)39(35-27-15-5-16-28-35)36-29-17-6-18-30-36/h1-30H. The van der Waals surface area contributed by atoms with Gasteiger partial charge in [-0.3, -0.25) is 0 Å². The van der Waals surface area contributed by atoms with Crippen molar-refractivity contribution >= 4 is 48.6 Å². The van der Waals surface area contributed by atoms with Crippen molar-refractivity contribution in [1.82, 2.24) is 0 Å². The second-order valence-electron chi connectivity index (χ2n) is 10.3. The first-order chi connectivity index (χ1) is 21.7. The molecule has 0 aromatic heterocycles. The normalized spacial score (nSPS) is 10.5. The largest absolute Gasteiger partial charge is 0.0622 e. The maximum atomic E-state index is 4.25. The summed E-state index contributed by atoms with van der Waals surface area (Å²) in [6.45, 7) is 0. The Bertz CT molecular complexity index is 1680. The maximum Gasteiger partial charge on any atom is 0.0350 e. The molecule has 0 aliphatic carbocycles. The van der Waals surface area contributed by atoms with Crippen LogP contribution in [0.25, 0.3) is 16.7 Å². The average molecular weight is 695 g/mol. The van der Waals surface area contributed by atoms with Gasteiger partial charge in [-0.15, -0.1) is 0 Å². The molecule has 0 saturated carbocycles. The molecule has 6 aromatic rings. The van der Waals surface area contributed by atoms with Crippen LogP contribution in [0.5, 0.6) is 0 Å². The molecule has 44 heavy (non-hydrogen) atoms. The molecule has 6 rings (SSSR count). The van der Waals surface area contributed by atoms with E-state index in [-0.39, 0.29) is 0 Å². The zero-order valence-electron chi connectivity index (χ0n) is 24.1. The van der Waals surface area contributed by atoms with E-state index in [4.69, 9.17) is 0 Å². The summed E-state index contributed by atoms with van der Waals surface area (Å²) in [4.78, 5) is 0. The number of hydrogen-bond donors (Lipinski definition) is 0. The van der Waals surface area contributed by atoms with Gasteiger partial charge in [-0.25, -0.2) is 0 Å². The minimum absolute atomic E-state index is 0.994. The van der Waals surface area contributed by atoms with Crippen LogP contribution in [-0.2, 0) is 0 Å². The SMILES string of the molecule is BrC(C(C(Br)=C(c1ccccc1)c1ccccc1)=C(c1ccccc1)c1ccccc1)=C(c1ccccc1)c1ccccc1. The first kappa shape index (κ1) is 29.6. The first-order valence-corrected chi connectivity index (χ1v) is 16.2. The van der Waals surface area contributed by atoms with Crippen molar-refractivity contribution in [3.63, 3.8) is 0 Å². The fourth-order valence-corrected chi connectivity index (χ4v) is 7.47. The summed E-state index contributed by atoms with van der Waals surface area (Å²) in [5.74, 6) is 0. The number of rotatable bonds is 8. The number of hydrogen-bond acceptors (Lipinski definition) is 0. The molecule has 0 aliphatic heterocycles. The molecule has 2 heteroatoms. The van der Waals surface area contributed by atoms with Gasteiger partial charge in [0.05, 0.1) is 0 Å². The van der Waals surface area contributed by atoms with Crippen LogP contribution in [-0.4, -0.2) is 0 Å². The Morgan fingerprint density at radius 3 is 0.636 bits per heavy atom. The number of halogens is 2. The zero-order valence-corrected chi connectivity index (χ0v) is 27.2. The highest BCUT2D eigenvalue weighted by molar-refractivity contribution is 9.12. The van der Waals surface area contributed by atoms with E-state index in [0.717, 1.165) is 64.6 Å². The van der Waals surface area contributed by atoms with Crippen molar-refractivity contribution in [1.29, 1.82) is 0 Å². The molecule has 0 fully saturated rings. The van der Waals surface area contributed by atoms with Crippen LogP contribution in [0, 0.1) is 0 Å². The molecule has 0 amide bonds. The Morgan fingerprint density at radius 1 is 0.250 bits per heavy atom. The Hall–Kier alpha value is -4.50. The van der Waals surface area contributed by atoms with Gasteiger partial charge in [0.15, 0.2) is 0 Å². The summed E-state index contributed by atoms with van der Waals surface area (Å²) in [6, 6.07) is 63.8. The van der Waals surface area contributed by atoms with Crippen molar-refractivity contribution < 1.29 is 0 Å². The molecule has 0 nitrogen and oxygen atoms in total. The van der Waals surface area contributed by atoms with Gasteiger partial charge in [0.25, 0.3) is 0 Å². The average Bonchev–Trinajstić information content (AvgIpc) is 3.10. The number of allylic oxidation sites excluding steroid dienone is 3. The molecular formula is C42H30Br2. The molecule has 0 atom stereocenters. The second kappa shape index (κ2) is 14.3. The fraction of sp³-hybridized carbons (Fsp3) is 0. The Balaban J connectivity index is 1.82.